The molecule has 0 aliphatic heterocycles. The average Bonchev–Trinajstić information content (AvgIpc) is 2.09. The van der Waals surface area contributed by atoms with Crippen molar-refractivity contribution in [2.24, 2.45) is 0 Å². The molecule has 0 atom stereocenters. The van der Waals surface area contributed by atoms with Gasteiger partial charge in [0.15, 0.2) is 10.3 Å². The number of nitrogens with zero attached hydrogens (tertiary/aromatic N) is 2. The lowest BCUT2D eigenvalue weighted by Gasteiger charge is -2.24. The first-order valence-corrected chi connectivity index (χ1v) is 4.61. The molecule has 5 heteroatoms. The lowest BCUT2D eigenvalue weighted by Crippen LogP contribution is -2.33. The van der Waals surface area contributed by atoms with Crippen LogP contribution in [0.4, 0.5) is 0 Å². The molecule has 72 valence electrons. The summed E-state index contributed by atoms with van der Waals surface area (Å²) >= 11 is 11.6. The highest BCUT2D eigenvalue weighted by molar-refractivity contribution is 6.31. The second kappa shape index (κ2) is 3.78. The first-order valence-electron chi connectivity index (χ1n) is 3.85. The van der Waals surface area contributed by atoms with E-state index in [2.05, 4.69) is 15.5 Å². The Morgan fingerprint density at radius 2 is 1.92 bits per heavy atom. The van der Waals surface area contributed by atoms with Crippen LogP contribution in [-0.4, -0.2) is 17.2 Å². The Morgan fingerprint density at radius 1 is 1.31 bits per heavy atom. The molecule has 13 heavy (non-hydrogen) atoms. The van der Waals surface area contributed by atoms with Crippen molar-refractivity contribution in [3.63, 3.8) is 0 Å². The minimum atomic E-state index is -0.253. The van der Waals surface area contributed by atoms with Gasteiger partial charge in [0.1, 0.15) is 0 Å². The van der Waals surface area contributed by atoms with E-state index in [0.717, 1.165) is 5.56 Å². The van der Waals surface area contributed by atoms with Gasteiger partial charge in [-0.1, -0.05) is 23.2 Å². The summed E-state index contributed by atoms with van der Waals surface area (Å²) in [7, 11) is 1.85. The number of rotatable bonds is 2. The molecular weight excluding hydrogens is 209 g/mol. The van der Waals surface area contributed by atoms with Crippen molar-refractivity contribution in [2.75, 3.05) is 7.05 Å². The molecule has 1 aromatic rings. The zero-order valence-electron chi connectivity index (χ0n) is 7.73. The van der Waals surface area contributed by atoms with Gasteiger partial charge in [0.25, 0.3) is 0 Å². The van der Waals surface area contributed by atoms with Gasteiger partial charge in [-0.2, -0.15) is 0 Å². The molecule has 1 N–H and O–H groups in total. The molecule has 1 heterocycles. The van der Waals surface area contributed by atoms with Crippen molar-refractivity contribution < 1.29 is 0 Å². The van der Waals surface area contributed by atoms with Crippen LogP contribution in [0.25, 0.3) is 0 Å². The lowest BCUT2D eigenvalue weighted by atomic mass is 9.97. The molecule has 0 bridgehead atoms. The average molecular weight is 220 g/mol. The lowest BCUT2D eigenvalue weighted by molar-refractivity contribution is 0.442. The van der Waals surface area contributed by atoms with Crippen LogP contribution >= 0.6 is 23.2 Å². The number of halogens is 2. The van der Waals surface area contributed by atoms with Gasteiger partial charge in [0.2, 0.25) is 0 Å². The van der Waals surface area contributed by atoms with Gasteiger partial charge < -0.3 is 5.32 Å². The summed E-state index contributed by atoms with van der Waals surface area (Å²) in [6, 6.07) is 1.72. The number of hydrogen-bond acceptors (Lipinski definition) is 3. The molecule has 0 saturated heterocycles. The zero-order valence-corrected chi connectivity index (χ0v) is 9.24. The van der Waals surface area contributed by atoms with E-state index in [0.29, 0.717) is 10.3 Å². The first-order chi connectivity index (χ1) is 5.97. The standard InChI is InChI=1S/C8H11Cl2N3/c1-8(2,11-3)5-4-6(9)12-13-7(5)10/h4,11H,1-3H3. The van der Waals surface area contributed by atoms with Gasteiger partial charge >= 0.3 is 0 Å². The fourth-order valence-corrected chi connectivity index (χ4v) is 1.40. The third kappa shape index (κ3) is 2.30. The van der Waals surface area contributed by atoms with Gasteiger partial charge in [-0.25, -0.2) is 0 Å². The van der Waals surface area contributed by atoms with E-state index in [1.54, 1.807) is 6.07 Å². The largest absolute Gasteiger partial charge is 0.311 e. The Hall–Kier alpha value is -0.380. The minimum absolute atomic E-state index is 0.253. The van der Waals surface area contributed by atoms with Crippen LogP contribution < -0.4 is 5.32 Å². The molecule has 0 amide bonds. The summed E-state index contributed by atoms with van der Waals surface area (Å²) in [5.74, 6) is 0. The van der Waals surface area contributed by atoms with E-state index in [-0.39, 0.29) is 5.54 Å². The van der Waals surface area contributed by atoms with Crippen molar-refractivity contribution >= 4 is 23.2 Å². The van der Waals surface area contributed by atoms with Crippen LogP contribution in [0.3, 0.4) is 0 Å². The topological polar surface area (TPSA) is 37.8 Å². The number of aromatic nitrogens is 2. The van der Waals surface area contributed by atoms with E-state index >= 15 is 0 Å². The highest BCUT2D eigenvalue weighted by Gasteiger charge is 2.22. The van der Waals surface area contributed by atoms with Crippen LogP contribution in [0, 0.1) is 0 Å². The van der Waals surface area contributed by atoms with Gasteiger partial charge in [0.05, 0.1) is 0 Å². The maximum absolute atomic E-state index is 5.89. The van der Waals surface area contributed by atoms with Crippen LogP contribution in [0.1, 0.15) is 19.4 Å². The molecule has 3 nitrogen and oxygen atoms in total. The third-order valence-corrected chi connectivity index (χ3v) is 2.48. The second-order valence-corrected chi connectivity index (χ2v) is 3.99. The monoisotopic (exact) mass is 219 g/mol. The highest BCUT2D eigenvalue weighted by atomic mass is 35.5. The van der Waals surface area contributed by atoms with E-state index in [4.69, 9.17) is 23.2 Å². The molecule has 0 saturated carbocycles. The number of nitrogens with one attached hydrogen (secondary N) is 1. The Balaban J connectivity index is 3.20. The van der Waals surface area contributed by atoms with Crippen molar-refractivity contribution in [1.82, 2.24) is 15.5 Å². The fraction of sp³-hybridized carbons (Fsp3) is 0.500. The Morgan fingerprint density at radius 3 is 2.46 bits per heavy atom. The molecular formula is C8H11Cl2N3. The third-order valence-electron chi connectivity index (χ3n) is 2.02. The molecule has 0 radical (unpaired) electrons. The quantitative estimate of drug-likeness (QED) is 0.830. The normalized spacial score (nSPS) is 11.8. The smallest absolute Gasteiger partial charge is 0.156 e. The minimum Gasteiger partial charge on any atom is -0.311 e. The summed E-state index contributed by atoms with van der Waals surface area (Å²) in [5.41, 5.74) is 0.591. The van der Waals surface area contributed by atoms with Crippen molar-refractivity contribution in [3.8, 4) is 0 Å². The first kappa shape index (κ1) is 10.7. The Bertz CT molecular complexity index is 312. The summed E-state index contributed by atoms with van der Waals surface area (Å²) in [5, 5.41) is 11.2. The van der Waals surface area contributed by atoms with E-state index in [9.17, 15) is 0 Å². The Labute approximate surface area is 87.5 Å². The van der Waals surface area contributed by atoms with Crippen molar-refractivity contribution in [2.45, 2.75) is 19.4 Å². The van der Waals surface area contributed by atoms with E-state index in [1.807, 2.05) is 20.9 Å². The van der Waals surface area contributed by atoms with Crippen LogP contribution in [0.2, 0.25) is 10.3 Å². The SMILES string of the molecule is CNC(C)(C)c1cc(Cl)nnc1Cl. The summed E-state index contributed by atoms with van der Waals surface area (Å²) < 4.78 is 0. The van der Waals surface area contributed by atoms with E-state index < -0.39 is 0 Å². The predicted molar refractivity (Wildman–Crippen MR) is 54.1 cm³/mol. The van der Waals surface area contributed by atoms with Gasteiger partial charge in [-0.15, -0.1) is 10.2 Å². The number of hydrogen-bond donors (Lipinski definition) is 1. The molecule has 1 rings (SSSR count). The summed E-state index contributed by atoms with van der Waals surface area (Å²) in [4.78, 5) is 0. The van der Waals surface area contributed by atoms with E-state index in [1.165, 1.54) is 0 Å². The predicted octanol–water partition coefficient (Wildman–Crippen LogP) is 2.24. The van der Waals surface area contributed by atoms with Crippen molar-refractivity contribution in [1.29, 1.82) is 0 Å². The molecule has 1 aromatic heterocycles. The second-order valence-electron chi connectivity index (χ2n) is 3.25. The zero-order chi connectivity index (χ0) is 10.1. The fourth-order valence-electron chi connectivity index (χ4n) is 0.926. The van der Waals surface area contributed by atoms with Gasteiger partial charge in [-0.05, 0) is 27.0 Å². The highest BCUT2D eigenvalue weighted by Crippen LogP contribution is 2.26. The maximum atomic E-state index is 5.89. The molecule has 0 aliphatic carbocycles. The van der Waals surface area contributed by atoms with Gasteiger partial charge in [-0.3, -0.25) is 0 Å². The molecule has 0 fully saturated rings. The molecule has 0 spiro atoms. The Kier molecular flexibility index (Phi) is 3.11. The van der Waals surface area contributed by atoms with Crippen LogP contribution in [-0.2, 0) is 5.54 Å². The molecule has 0 aliphatic rings. The molecule has 0 aromatic carbocycles. The summed E-state index contributed by atoms with van der Waals surface area (Å²) in [6.45, 7) is 3.98. The van der Waals surface area contributed by atoms with Crippen molar-refractivity contribution in [3.05, 3.63) is 21.9 Å². The maximum Gasteiger partial charge on any atom is 0.156 e. The van der Waals surface area contributed by atoms with Gasteiger partial charge in [0, 0.05) is 11.1 Å². The van der Waals surface area contributed by atoms with Crippen LogP contribution in [0.15, 0.2) is 6.07 Å². The molecule has 0 unspecified atom stereocenters. The van der Waals surface area contributed by atoms with Crippen LogP contribution in [0.5, 0.6) is 0 Å². The summed E-state index contributed by atoms with van der Waals surface area (Å²) in [6.07, 6.45) is 0.